The quantitative estimate of drug-likeness (QED) is 0.188. The molecule has 0 fully saturated rings. The van der Waals surface area contributed by atoms with Crippen LogP contribution in [0.4, 0.5) is 0 Å². The monoisotopic (exact) mass is 1240 g/mol. The number of hydrogen-bond acceptors (Lipinski definition) is 3. The van der Waals surface area contributed by atoms with Crippen molar-refractivity contribution in [1.82, 2.24) is 0 Å². The first-order valence-corrected chi connectivity index (χ1v) is 28.7. The first-order valence-electron chi connectivity index (χ1n) is 25.6. The van der Waals surface area contributed by atoms with Crippen molar-refractivity contribution in [3.63, 3.8) is 0 Å². The maximum atomic E-state index is 13.2. The highest BCUT2D eigenvalue weighted by atomic mass is 79.9. The minimum atomic E-state index is -1.42. The van der Waals surface area contributed by atoms with Crippen LogP contribution in [-0.4, -0.2) is 5.11 Å². The van der Waals surface area contributed by atoms with Gasteiger partial charge in [-0.1, -0.05) is 236 Å². The second-order valence-electron chi connectivity index (χ2n) is 20.3. The van der Waals surface area contributed by atoms with E-state index in [1.165, 1.54) is 55.3 Å². The van der Waals surface area contributed by atoms with Gasteiger partial charge in [-0.05, 0) is 124 Å². The van der Waals surface area contributed by atoms with Crippen LogP contribution in [0, 0.1) is 0 Å². The molecule has 2 aromatic heterocycles. The van der Waals surface area contributed by atoms with Crippen LogP contribution in [0.25, 0.3) is 110 Å². The molecule has 0 radical (unpaired) electrons. The second-order valence-corrected chi connectivity index (χ2v) is 23.7. The van der Waals surface area contributed by atoms with E-state index in [0.29, 0.717) is 0 Å². The van der Waals surface area contributed by atoms with Crippen LogP contribution < -0.4 is 0 Å². The first-order chi connectivity index (χ1) is 37.8. The normalized spacial score (nSPS) is 15.2. The Morgan fingerprint density at radius 1 is 0.299 bits per heavy atom. The average molecular weight is 1250 g/mol. The molecule has 1 spiro atoms. The van der Waals surface area contributed by atoms with Gasteiger partial charge in [0, 0.05) is 72.8 Å². The minimum Gasteiger partial charge on any atom is -0.455 e. The minimum absolute atomic E-state index is 0.444. The van der Waals surface area contributed by atoms with Crippen LogP contribution in [-0.2, 0) is 11.0 Å². The molecule has 364 valence electrons. The highest BCUT2D eigenvalue weighted by Crippen LogP contribution is 2.66. The number of benzene rings is 12. The Labute approximate surface area is 475 Å². The Morgan fingerprint density at radius 3 is 1.22 bits per heavy atom. The molecule has 2 heterocycles. The van der Waals surface area contributed by atoms with Crippen molar-refractivity contribution in [1.29, 1.82) is 0 Å². The maximum Gasteiger partial charge on any atom is 0.144 e. The van der Waals surface area contributed by atoms with Gasteiger partial charge in [0.1, 0.15) is 27.9 Å². The van der Waals surface area contributed by atoms with E-state index in [0.717, 1.165) is 111 Å². The summed E-state index contributed by atoms with van der Waals surface area (Å²) in [5.41, 5.74) is 18.4. The van der Waals surface area contributed by atoms with Crippen molar-refractivity contribution in [2.24, 2.45) is 0 Å². The molecule has 77 heavy (non-hydrogen) atoms. The third-order valence-corrected chi connectivity index (χ3v) is 19.2. The molecule has 0 bridgehead atoms. The van der Waals surface area contributed by atoms with E-state index >= 15 is 0 Å². The molecule has 3 aliphatic rings. The fourth-order valence-corrected chi connectivity index (χ4v) is 16.0. The zero-order valence-corrected chi connectivity index (χ0v) is 47.0. The summed E-state index contributed by atoms with van der Waals surface area (Å²) in [6, 6.07) is 78.7. The molecule has 3 aliphatic carbocycles. The molecule has 1 N–H and O–H groups in total. The van der Waals surface area contributed by atoms with Gasteiger partial charge in [-0.2, -0.15) is 0 Å². The summed E-state index contributed by atoms with van der Waals surface area (Å²) in [7, 11) is 0. The van der Waals surface area contributed by atoms with Gasteiger partial charge in [0.05, 0.1) is 5.41 Å². The number of hydrogen-bond donors (Lipinski definition) is 1. The van der Waals surface area contributed by atoms with Crippen LogP contribution in [0.2, 0.25) is 0 Å². The molecule has 14 aromatic rings. The van der Waals surface area contributed by atoms with Crippen LogP contribution >= 0.6 is 63.7 Å². The third-order valence-electron chi connectivity index (χ3n) is 16.6. The van der Waals surface area contributed by atoms with Gasteiger partial charge in [-0.15, -0.1) is 0 Å². The largest absolute Gasteiger partial charge is 0.455 e. The zero-order valence-electron chi connectivity index (χ0n) is 40.6. The first kappa shape index (κ1) is 45.8. The fourth-order valence-electron chi connectivity index (χ4n) is 13.6. The lowest BCUT2D eigenvalue weighted by atomic mass is 9.70. The van der Waals surface area contributed by atoms with Crippen molar-refractivity contribution in [3.8, 4) is 44.5 Å². The predicted molar refractivity (Wildman–Crippen MR) is 329 cm³/mol. The van der Waals surface area contributed by atoms with Gasteiger partial charge in [0.25, 0.3) is 0 Å². The lowest BCUT2D eigenvalue weighted by Gasteiger charge is -2.30. The van der Waals surface area contributed by atoms with Crippen LogP contribution in [0.1, 0.15) is 38.9 Å². The Bertz CT molecular complexity index is 4850. The van der Waals surface area contributed by atoms with Gasteiger partial charge < -0.3 is 13.9 Å². The zero-order chi connectivity index (χ0) is 51.5. The van der Waals surface area contributed by atoms with Crippen LogP contribution in [0.5, 0.6) is 0 Å². The van der Waals surface area contributed by atoms with E-state index in [1.54, 1.807) is 0 Å². The van der Waals surface area contributed by atoms with E-state index in [2.05, 4.69) is 221 Å². The van der Waals surface area contributed by atoms with Crippen molar-refractivity contribution in [2.75, 3.05) is 0 Å². The molecule has 12 aromatic carbocycles. The Hall–Kier alpha value is -7.36. The second kappa shape index (κ2) is 16.8. The Balaban J connectivity index is 0.000000129. The van der Waals surface area contributed by atoms with Gasteiger partial charge in [0.2, 0.25) is 0 Å². The molecule has 0 saturated carbocycles. The van der Waals surface area contributed by atoms with E-state index in [9.17, 15) is 5.11 Å². The number of furan rings is 2. The lowest BCUT2D eigenvalue weighted by Crippen LogP contribution is -2.27. The van der Waals surface area contributed by atoms with E-state index < -0.39 is 11.0 Å². The summed E-state index contributed by atoms with van der Waals surface area (Å²) in [6.07, 6.45) is 0. The Morgan fingerprint density at radius 2 is 0.662 bits per heavy atom. The summed E-state index contributed by atoms with van der Waals surface area (Å²) >= 11 is 15.7. The van der Waals surface area contributed by atoms with Crippen LogP contribution in [0.3, 0.4) is 0 Å². The summed E-state index contributed by atoms with van der Waals surface area (Å²) in [6.45, 7) is 0. The smallest absolute Gasteiger partial charge is 0.144 e. The standard InChI is InChI=1S/C35H20Br2O2.C35H18Br2O/c36-28-18-26-31(23-14-5-4-13-22(23)28)33-27(19-29(37)32-24-15-7-9-17-30(24)39-34(32)33)35(26,38)25-16-8-6-12-21(25)20-10-2-1-3-11-20;36-28-17-26-31(22-12-2-1-11-21(22)28)33-27(18-29(37)32-23-13-5-8-16-30(23)38-34(32)33)35(26)24-14-6-3-9-19(24)20-10-4-7-15-25(20)35/h1-19,38H;1-18H. The molecule has 0 aliphatic heterocycles. The SMILES string of the molecule is Brc1cc2c(c3ccccc13)-c1c(cc(Br)c3c1oc1ccccc13)C21c2ccccc2-c2ccccc21.OC1(c2ccccc2-c2ccccc2)c2cc(Br)c3ccccc3c2-c2c1cc(Br)c1c2oc2ccccc21. The van der Waals surface area contributed by atoms with E-state index in [-0.39, 0.29) is 0 Å². The molecule has 17 rings (SSSR count). The summed E-state index contributed by atoms with van der Waals surface area (Å²) in [4.78, 5) is 0. The number of rotatable bonds is 2. The maximum absolute atomic E-state index is 13.2. The van der Waals surface area contributed by atoms with Gasteiger partial charge in [-0.3, -0.25) is 0 Å². The molecule has 3 nitrogen and oxygen atoms in total. The highest BCUT2D eigenvalue weighted by Gasteiger charge is 2.54. The number of halogens is 4. The van der Waals surface area contributed by atoms with E-state index in [1.807, 2.05) is 66.7 Å². The van der Waals surface area contributed by atoms with Crippen molar-refractivity contribution in [3.05, 3.63) is 281 Å². The van der Waals surface area contributed by atoms with Crippen LogP contribution in [0.15, 0.2) is 251 Å². The number of fused-ring (bicyclic) bond motifs is 25. The van der Waals surface area contributed by atoms with Gasteiger partial charge in [0.15, 0.2) is 0 Å². The molecular weight excluding hydrogens is 1210 g/mol. The Kier molecular flexibility index (Phi) is 10.0. The summed E-state index contributed by atoms with van der Waals surface area (Å²) < 4.78 is 17.4. The van der Waals surface area contributed by atoms with Gasteiger partial charge in [-0.25, -0.2) is 0 Å². The highest BCUT2D eigenvalue weighted by molar-refractivity contribution is 9.11. The molecule has 0 saturated heterocycles. The van der Waals surface area contributed by atoms with Crippen molar-refractivity contribution < 1.29 is 13.9 Å². The summed E-state index contributed by atoms with van der Waals surface area (Å²) in [5.74, 6) is 0. The predicted octanol–water partition coefficient (Wildman–Crippen LogP) is 20.8. The van der Waals surface area contributed by atoms with Gasteiger partial charge >= 0.3 is 0 Å². The molecule has 7 heteroatoms. The molecule has 1 atom stereocenters. The fraction of sp³-hybridized carbons (Fsp3) is 0.0286. The average Bonchev–Trinajstić information content (AvgIpc) is 4.37. The van der Waals surface area contributed by atoms with E-state index in [4.69, 9.17) is 8.83 Å². The lowest BCUT2D eigenvalue weighted by molar-refractivity contribution is 0.131. The number of para-hydroxylation sites is 2. The molecular formula is C70H38Br4O3. The number of aliphatic hydroxyl groups is 1. The topological polar surface area (TPSA) is 46.5 Å². The van der Waals surface area contributed by atoms with Crippen molar-refractivity contribution >= 4 is 129 Å². The van der Waals surface area contributed by atoms with Crippen molar-refractivity contribution in [2.45, 2.75) is 11.0 Å². The molecule has 0 amide bonds. The third kappa shape index (κ3) is 6.09. The molecule has 1 unspecified atom stereocenters. The summed E-state index contributed by atoms with van der Waals surface area (Å²) in [5, 5.41) is 22.1.